The summed E-state index contributed by atoms with van der Waals surface area (Å²) < 4.78 is 6.53. The average molecular weight is 423 g/mol. The molecule has 0 spiro atoms. The molecule has 0 fully saturated rings. The van der Waals surface area contributed by atoms with Gasteiger partial charge in [-0.25, -0.2) is 0 Å². The third-order valence-corrected chi connectivity index (χ3v) is 5.95. The van der Waals surface area contributed by atoms with Gasteiger partial charge in [-0.3, -0.25) is 0 Å². The van der Waals surface area contributed by atoms with Crippen molar-refractivity contribution in [3.63, 3.8) is 0 Å². The summed E-state index contributed by atoms with van der Waals surface area (Å²) in [5.41, 5.74) is 10.3. The van der Waals surface area contributed by atoms with Crippen LogP contribution >= 0.6 is 0 Å². The van der Waals surface area contributed by atoms with Crippen molar-refractivity contribution in [3.8, 4) is 28.0 Å². The molecule has 0 aliphatic rings. The minimum atomic E-state index is 0.107. The van der Waals surface area contributed by atoms with Gasteiger partial charge in [-0.15, -0.1) is 0 Å². The van der Waals surface area contributed by atoms with E-state index in [4.69, 9.17) is 4.74 Å². The first-order valence-electron chi connectivity index (χ1n) is 11.1. The second kappa shape index (κ2) is 9.84. The first kappa shape index (κ1) is 21.9. The highest BCUT2D eigenvalue weighted by atomic mass is 16.5. The Labute approximate surface area is 191 Å². The first-order chi connectivity index (χ1) is 15.6. The van der Waals surface area contributed by atoms with Crippen molar-refractivity contribution < 1.29 is 9.84 Å². The summed E-state index contributed by atoms with van der Waals surface area (Å²) in [5.74, 6) is 0.888. The Bertz CT molecular complexity index is 1170. The summed E-state index contributed by atoms with van der Waals surface area (Å²) >= 11 is 0. The van der Waals surface area contributed by atoms with Gasteiger partial charge in [-0.2, -0.15) is 0 Å². The van der Waals surface area contributed by atoms with Gasteiger partial charge in [-0.05, 0) is 66.6 Å². The van der Waals surface area contributed by atoms with Crippen molar-refractivity contribution in [2.45, 2.75) is 33.8 Å². The molecule has 4 aromatic carbocycles. The van der Waals surface area contributed by atoms with Crippen LogP contribution in [0.4, 0.5) is 0 Å². The van der Waals surface area contributed by atoms with Gasteiger partial charge in [-0.1, -0.05) is 90.0 Å². The van der Waals surface area contributed by atoms with Crippen LogP contribution in [0, 0.1) is 20.8 Å². The van der Waals surface area contributed by atoms with Gasteiger partial charge in [0.2, 0.25) is 0 Å². The van der Waals surface area contributed by atoms with E-state index in [1.807, 2.05) is 18.2 Å². The number of aliphatic hydroxyl groups excluding tert-OH is 1. The van der Waals surface area contributed by atoms with Crippen LogP contribution in [0.25, 0.3) is 22.3 Å². The molecule has 0 aliphatic carbocycles. The van der Waals surface area contributed by atoms with Crippen molar-refractivity contribution in [3.05, 3.63) is 113 Å². The van der Waals surface area contributed by atoms with E-state index in [0.29, 0.717) is 13.0 Å². The average Bonchev–Trinajstić information content (AvgIpc) is 2.81. The number of rotatable bonds is 7. The van der Waals surface area contributed by atoms with Crippen molar-refractivity contribution in [1.82, 2.24) is 0 Å². The van der Waals surface area contributed by atoms with Crippen LogP contribution in [0.15, 0.2) is 84.9 Å². The fraction of sp³-hybridized carbons (Fsp3) is 0.200. The third-order valence-electron chi connectivity index (χ3n) is 5.95. The van der Waals surface area contributed by atoms with Gasteiger partial charge in [0.05, 0.1) is 0 Å². The van der Waals surface area contributed by atoms with Crippen molar-refractivity contribution >= 4 is 0 Å². The summed E-state index contributed by atoms with van der Waals surface area (Å²) in [4.78, 5) is 0. The lowest BCUT2D eigenvalue weighted by atomic mass is 9.88. The second-order valence-corrected chi connectivity index (χ2v) is 8.39. The molecule has 2 heteroatoms. The van der Waals surface area contributed by atoms with Crippen molar-refractivity contribution in [1.29, 1.82) is 0 Å². The molecule has 0 amide bonds. The van der Waals surface area contributed by atoms with Crippen molar-refractivity contribution in [2.24, 2.45) is 0 Å². The van der Waals surface area contributed by atoms with Gasteiger partial charge < -0.3 is 9.84 Å². The molecule has 1 N–H and O–H groups in total. The minimum Gasteiger partial charge on any atom is -0.488 e. The van der Waals surface area contributed by atoms with Crippen LogP contribution in [-0.2, 0) is 13.0 Å². The van der Waals surface area contributed by atoms with Gasteiger partial charge in [0.15, 0.2) is 0 Å². The molecule has 4 rings (SSSR count). The number of benzene rings is 4. The van der Waals surface area contributed by atoms with E-state index < -0.39 is 0 Å². The maximum atomic E-state index is 9.72. The Morgan fingerprint density at radius 1 is 0.719 bits per heavy atom. The summed E-state index contributed by atoms with van der Waals surface area (Å²) in [6.45, 7) is 6.91. The summed E-state index contributed by atoms with van der Waals surface area (Å²) in [5, 5.41) is 9.72. The maximum Gasteiger partial charge on any atom is 0.131 e. The summed E-state index contributed by atoms with van der Waals surface area (Å²) in [6, 6.07) is 29.7. The lowest BCUT2D eigenvalue weighted by molar-refractivity contribution is 0.295. The molecule has 2 nitrogen and oxygen atoms in total. The van der Waals surface area contributed by atoms with Crippen LogP contribution in [-0.4, -0.2) is 11.7 Å². The number of aryl methyl sites for hydroxylation is 2. The van der Waals surface area contributed by atoms with E-state index in [1.165, 1.54) is 11.1 Å². The third kappa shape index (κ3) is 4.76. The van der Waals surface area contributed by atoms with E-state index in [1.54, 1.807) is 0 Å². The molecule has 0 radical (unpaired) electrons. The second-order valence-electron chi connectivity index (χ2n) is 8.39. The van der Waals surface area contributed by atoms with Crippen LogP contribution in [0.2, 0.25) is 0 Å². The highest BCUT2D eigenvalue weighted by molar-refractivity contribution is 5.89. The lowest BCUT2D eigenvalue weighted by Gasteiger charge is -2.22. The summed E-state index contributed by atoms with van der Waals surface area (Å²) in [6.07, 6.45) is 0.598. The predicted molar refractivity (Wildman–Crippen MR) is 133 cm³/mol. The normalized spacial score (nSPS) is 10.9. The fourth-order valence-corrected chi connectivity index (χ4v) is 4.07. The molecule has 0 aromatic heterocycles. The van der Waals surface area contributed by atoms with E-state index in [0.717, 1.165) is 44.7 Å². The number of hydrogen-bond donors (Lipinski definition) is 1. The Morgan fingerprint density at radius 3 is 1.91 bits per heavy atom. The van der Waals surface area contributed by atoms with Gasteiger partial charge in [0.1, 0.15) is 12.4 Å². The molecular weight excluding hydrogens is 392 g/mol. The Morgan fingerprint density at radius 2 is 1.31 bits per heavy atom. The van der Waals surface area contributed by atoms with Crippen LogP contribution in [0.3, 0.4) is 0 Å². The van der Waals surface area contributed by atoms with Crippen LogP contribution < -0.4 is 4.74 Å². The molecule has 162 valence electrons. The molecule has 0 aliphatic heterocycles. The highest BCUT2D eigenvalue weighted by Crippen LogP contribution is 2.43. The Hall–Kier alpha value is -3.36. The lowest BCUT2D eigenvalue weighted by Crippen LogP contribution is -2.04. The Balaban J connectivity index is 1.93. The zero-order chi connectivity index (χ0) is 22.5. The molecule has 0 saturated heterocycles. The molecule has 0 heterocycles. The van der Waals surface area contributed by atoms with E-state index in [9.17, 15) is 5.11 Å². The number of hydrogen-bond acceptors (Lipinski definition) is 2. The largest absolute Gasteiger partial charge is 0.488 e. The van der Waals surface area contributed by atoms with Gasteiger partial charge in [0, 0.05) is 12.2 Å². The van der Waals surface area contributed by atoms with Crippen LogP contribution in [0.1, 0.15) is 27.8 Å². The smallest absolute Gasteiger partial charge is 0.131 e. The SMILES string of the molecule is Cc1ccc(-c2cc(CCO)c(C)c(OCc3ccccc3)c2-c2ccc(C)cc2)cc1. The zero-order valence-corrected chi connectivity index (χ0v) is 19.1. The number of aliphatic hydroxyl groups is 1. The molecule has 0 unspecified atom stereocenters. The minimum absolute atomic E-state index is 0.107. The Kier molecular flexibility index (Phi) is 6.72. The van der Waals surface area contributed by atoms with Gasteiger partial charge >= 0.3 is 0 Å². The monoisotopic (exact) mass is 422 g/mol. The molecular formula is C30H30O2. The topological polar surface area (TPSA) is 29.5 Å². The zero-order valence-electron chi connectivity index (χ0n) is 19.1. The molecule has 0 atom stereocenters. The molecule has 0 bridgehead atoms. The van der Waals surface area contributed by atoms with E-state index >= 15 is 0 Å². The first-order valence-corrected chi connectivity index (χ1v) is 11.1. The van der Waals surface area contributed by atoms with E-state index in [2.05, 4.69) is 87.5 Å². The molecule has 0 saturated carbocycles. The quantitative estimate of drug-likeness (QED) is 0.345. The number of ether oxygens (including phenoxy) is 1. The summed E-state index contributed by atoms with van der Waals surface area (Å²) in [7, 11) is 0. The predicted octanol–water partition coefficient (Wildman–Crippen LogP) is 7.06. The molecule has 4 aromatic rings. The maximum absolute atomic E-state index is 9.72. The van der Waals surface area contributed by atoms with E-state index in [-0.39, 0.29) is 6.61 Å². The van der Waals surface area contributed by atoms with Gasteiger partial charge in [0.25, 0.3) is 0 Å². The highest BCUT2D eigenvalue weighted by Gasteiger charge is 2.20. The fourth-order valence-electron chi connectivity index (χ4n) is 4.07. The van der Waals surface area contributed by atoms with Crippen LogP contribution in [0.5, 0.6) is 5.75 Å². The van der Waals surface area contributed by atoms with Crippen molar-refractivity contribution in [2.75, 3.05) is 6.61 Å². The standard InChI is InChI=1S/C30H30O2/c1-21-9-13-25(14-10-21)28-19-27(17-18-31)23(3)30(32-20-24-7-5-4-6-8-24)29(28)26-15-11-22(2)12-16-26/h4-16,19,31H,17-18,20H2,1-3H3. The molecule has 32 heavy (non-hydrogen) atoms.